The average molecular weight is 253 g/mol. The molecule has 0 aromatic heterocycles. The number of ether oxygens (including phenoxy) is 1. The molecular formula is C16H31NO. The van der Waals surface area contributed by atoms with Gasteiger partial charge in [-0.05, 0) is 45.1 Å². The van der Waals surface area contributed by atoms with Gasteiger partial charge in [-0.3, -0.25) is 0 Å². The van der Waals surface area contributed by atoms with E-state index in [0.29, 0.717) is 18.2 Å². The van der Waals surface area contributed by atoms with E-state index in [1.165, 1.54) is 57.8 Å². The van der Waals surface area contributed by atoms with Gasteiger partial charge in [0.2, 0.25) is 0 Å². The van der Waals surface area contributed by atoms with Crippen LogP contribution in [0, 0.1) is 5.92 Å². The normalized spacial score (nSPS) is 31.7. The van der Waals surface area contributed by atoms with E-state index >= 15 is 0 Å². The predicted octanol–water partition coefficient (Wildman–Crippen LogP) is 3.89. The van der Waals surface area contributed by atoms with Gasteiger partial charge in [0.15, 0.2) is 0 Å². The van der Waals surface area contributed by atoms with Crippen LogP contribution >= 0.6 is 0 Å². The van der Waals surface area contributed by atoms with Crippen LogP contribution in [0.3, 0.4) is 0 Å². The topological polar surface area (TPSA) is 21.3 Å². The zero-order chi connectivity index (χ0) is 12.8. The van der Waals surface area contributed by atoms with Gasteiger partial charge >= 0.3 is 0 Å². The minimum Gasteiger partial charge on any atom is -0.374 e. The molecule has 0 spiro atoms. The molecule has 1 heterocycles. The van der Waals surface area contributed by atoms with Crippen LogP contribution in [0.5, 0.6) is 0 Å². The molecular weight excluding hydrogens is 222 g/mol. The molecule has 2 rings (SSSR count). The third-order valence-corrected chi connectivity index (χ3v) is 4.68. The van der Waals surface area contributed by atoms with Crippen molar-refractivity contribution in [3.8, 4) is 0 Å². The maximum atomic E-state index is 6.10. The summed E-state index contributed by atoms with van der Waals surface area (Å²) in [5.41, 5.74) is 0. The second-order valence-corrected chi connectivity index (χ2v) is 6.36. The molecule has 2 aliphatic rings. The molecule has 0 aromatic carbocycles. The van der Waals surface area contributed by atoms with Crippen LogP contribution in [0.1, 0.15) is 71.6 Å². The van der Waals surface area contributed by atoms with Crippen molar-refractivity contribution >= 4 is 0 Å². The van der Waals surface area contributed by atoms with Gasteiger partial charge in [0, 0.05) is 6.04 Å². The lowest BCUT2D eigenvalue weighted by Crippen LogP contribution is -2.42. The van der Waals surface area contributed by atoms with Crippen molar-refractivity contribution in [1.29, 1.82) is 0 Å². The molecule has 3 unspecified atom stereocenters. The molecule has 0 bridgehead atoms. The van der Waals surface area contributed by atoms with Gasteiger partial charge in [-0.2, -0.15) is 0 Å². The SMILES string of the molecule is CCCNC(CC1CCCCC1)C1CCC(C)O1. The van der Waals surface area contributed by atoms with E-state index in [1.54, 1.807) is 0 Å². The quantitative estimate of drug-likeness (QED) is 0.775. The van der Waals surface area contributed by atoms with Gasteiger partial charge < -0.3 is 10.1 Å². The van der Waals surface area contributed by atoms with Crippen molar-refractivity contribution in [3.63, 3.8) is 0 Å². The van der Waals surface area contributed by atoms with Gasteiger partial charge in [-0.15, -0.1) is 0 Å². The molecule has 2 fully saturated rings. The van der Waals surface area contributed by atoms with Gasteiger partial charge in [-0.25, -0.2) is 0 Å². The Hall–Kier alpha value is -0.0800. The Kier molecular flexibility index (Phi) is 5.97. The lowest BCUT2D eigenvalue weighted by Gasteiger charge is -2.30. The minimum atomic E-state index is 0.479. The maximum absolute atomic E-state index is 6.10. The monoisotopic (exact) mass is 253 g/mol. The van der Waals surface area contributed by atoms with Crippen LogP contribution in [0.25, 0.3) is 0 Å². The minimum absolute atomic E-state index is 0.479. The van der Waals surface area contributed by atoms with Crippen LogP contribution in [-0.4, -0.2) is 24.8 Å². The van der Waals surface area contributed by atoms with E-state index in [0.717, 1.165) is 12.5 Å². The number of rotatable bonds is 6. The molecule has 2 heteroatoms. The Labute approximate surface area is 113 Å². The summed E-state index contributed by atoms with van der Waals surface area (Å²) in [7, 11) is 0. The highest BCUT2D eigenvalue weighted by Crippen LogP contribution is 2.31. The fourth-order valence-electron chi connectivity index (χ4n) is 3.61. The number of hydrogen-bond acceptors (Lipinski definition) is 2. The highest BCUT2D eigenvalue weighted by atomic mass is 16.5. The number of hydrogen-bond donors (Lipinski definition) is 1. The summed E-state index contributed by atoms with van der Waals surface area (Å²) in [6, 6.07) is 0.609. The molecule has 0 aromatic rings. The second-order valence-electron chi connectivity index (χ2n) is 6.36. The van der Waals surface area contributed by atoms with Crippen molar-refractivity contribution in [2.24, 2.45) is 5.92 Å². The smallest absolute Gasteiger partial charge is 0.0732 e. The average Bonchev–Trinajstić information content (AvgIpc) is 2.82. The lowest BCUT2D eigenvalue weighted by atomic mass is 9.83. The van der Waals surface area contributed by atoms with Gasteiger partial charge in [0.25, 0.3) is 0 Å². The Bertz CT molecular complexity index is 225. The van der Waals surface area contributed by atoms with Crippen LogP contribution in [0.2, 0.25) is 0 Å². The second kappa shape index (κ2) is 7.49. The van der Waals surface area contributed by atoms with E-state index in [-0.39, 0.29) is 0 Å². The van der Waals surface area contributed by atoms with Crippen molar-refractivity contribution in [2.75, 3.05) is 6.54 Å². The number of nitrogens with one attached hydrogen (secondary N) is 1. The van der Waals surface area contributed by atoms with Crippen molar-refractivity contribution in [2.45, 2.75) is 89.9 Å². The zero-order valence-electron chi connectivity index (χ0n) is 12.3. The van der Waals surface area contributed by atoms with E-state index < -0.39 is 0 Å². The third-order valence-electron chi connectivity index (χ3n) is 4.68. The summed E-state index contributed by atoms with van der Waals surface area (Å²) in [6.45, 7) is 5.62. The maximum Gasteiger partial charge on any atom is 0.0732 e. The summed E-state index contributed by atoms with van der Waals surface area (Å²) < 4.78 is 6.10. The fraction of sp³-hybridized carbons (Fsp3) is 1.00. The standard InChI is InChI=1S/C16H31NO/c1-3-11-17-15(16-10-9-13(2)18-16)12-14-7-5-4-6-8-14/h13-17H,3-12H2,1-2H3. The summed E-state index contributed by atoms with van der Waals surface area (Å²) in [5, 5.41) is 3.75. The van der Waals surface area contributed by atoms with Gasteiger partial charge in [0.1, 0.15) is 0 Å². The Balaban J connectivity index is 1.83. The summed E-state index contributed by atoms with van der Waals surface area (Å²) in [4.78, 5) is 0. The van der Waals surface area contributed by atoms with Crippen LogP contribution in [0.15, 0.2) is 0 Å². The lowest BCUT2D eigenvalue weighted by molar-refractivity contribution is 0.0247. The summed E-state index contributed by atoms with van der Waals surface area (Å²) in [6.07, 6.45) is 13.3. The molecule has 0 radical (unpaired) electrons. The van der Waals surface area contributed by atoms with Crippen molar-refractivity contribution in [3.05, 3.63) is 0 Å². The van der Waals surface area contributed by atoms with Crippen LogP contribution < -0.4 is 5.32 Å². The molecule has 18 heavy (non-hydrogen) atoms. The highest BCUT2D eigenvalue weighted by molar-refractivity contribution is 4.85. The first-order valence-electron chi connectivity index (χ1n) is 8.18. The summed E-state index contributed by atoms with van der Waals surface area (Å²) >= 11 is 0. The first-order valence-corrected chi connectivity index (χ1v) is 8.18. The van der Waals surface area contributed by atoms with E-state index in [9.17, 15) is 0 Å². The van der Waals surface area contributed by atoms with E-state index in [1.807, 2.05) is 0 Å². The molecule has 3 atom stereocenters. The molecule has 2 nitrogen and oxygen atoms in total. The molecule has 1 saturated carbocycles. The molecule has 1 aliphatic heterocycles. The van der Waals surface area contributed by atoms with Crippen molar-refractivity contribution < 1.29 is 4.74 Å². The molecule has 1 saturated heterocycles. The third kappa shape index (κ3) is 4.24. The van der Waals surface area contributed by atoms with Crippen molar-refractivity contribution in [1.82, 2.24) is 5.32 Å². The first kappa shape index (κ1) is 14.3. The van der Waals surface area contributed by atoms with E-state index in [2.05, 4.69) is 19.2 Å². The van der Waals surface area contributed by atoms with Gasteiger partial charge in [0.05, 0.1) is 12.2 Å². The van der Waals surface area contributed by atoms with Crippen LogP contribution in [-0.2, 0) is 4.74 Å². The molecule has 1 N–H and O–H groups in total. The van der Waals surface area contributed by atoms with Crippen LogP contribution in [0.4, 0.5) is 0 Å². The Morgan fingerprint density at radius 1 is 1.11 bits per heavy atom. The predicted molar refractivity (Wildman–Crippen MR) is 76.8 cm³/mol. The molecule has 1 aliphatic carbocycles. The highest BCUT2D eigenvalue weighted by Gasteiger charge is 2.31. The summed E-state index contributed by atoms with van der Waals surface area (Å²) in [5.74, 6) is 0.951. The zero-order valence-corrected chi connectivity index (χ0v) is 12.3. The largest absolute Gasteiger partial charge is 0.374 e. The van der Waals surface area contributed by atoms with E-state index in [4.69, 9.17) is 4.74 Å². The molecule has 106 valence electrons. The Morgan fingerprint density at radius 3 is 2.50 bits per heavy atom. The Morgan fingerprint density at radius 2 is 1.89 bits per heavy atom. The molecule has 0 amide bonds. The van der Waals surface area contributed by atoms with Gasteiger partial charge in [-0.1, -0.05) is 39.0 Å². The fourth-order valence-corrected chi connectivity index (χ4v) is 3.61. The first-order chi connectivity index (χ1) is 8.79.